The Kier molecular flexibility index (Phi) is 6.60. The molecule has 0 radical (unpaired) electrons. The van der Waals surface area contributed by atoms with Crippen LogP contribution in [0.2, 0.25) is 0 Å². The number of rotatable bonds is 6. The van der Waals surface area contributed by atoms with Crippen molar-refractivity contribution < 1.29 is 24.2 Å². The van der Waals surface area contributed by atoms with Gasteiger partial charge in [0.15, 0.2) is 27.8 Å². The Bertz CT molecular complexity index is 1490. The van der Waals surface area contributed by atoms with E-state index in [2.05, 4.69) is 20.8 Å². The number of thiazole rings is 1. The standard InChI is InChI=1S/C32H38N2O5S2/c1-4-5-27-38-26-14-21-20-8-6-17-12-19(35)10-11-30(17,2)28(20)23(36)15-31(21,3)32(26,39-27)25(37)16-40-29-34-22-9-7-18(33)13-24(22)41-29/h7,9-13,20-21,23,26-28,36H,4-6,8,14-16,33H2,1-3H3/t20?,21?,23-,26+,27+,28?,30?,31?,32+/m0/s1. The molecule has 5 unspecified atom stereocenters. The molecule has 4 aliphatic carbocycles. The van der Waals surface area contributed by atoms with E-state index in [1.165, 1.54) is 11.8 Å². The first kappa shape index (κ1) is 27.8. The number of nitrogen functional groups attached to an aromatic ring is 1. The SMILES string of the molecule is CCC[C@@H]1O[C@@H]2CC3C4CCC5=CC(=O)C=CC5(C)C4[C@@H](O)CC3(C)[C@]2(C(=O)CSc2nc3ccc(N)cc3s2)O1. The van der Waals surface area contributed by atoms with E-state index in [0.29, 0.717) is 12.1 Å². The van der Waals surface area contributed by atoms with Crippen molar-refractivity contribution in [2.24, 2.45) is 28.6 Å². The predicted molar refractivity (Wildman–Crippen MR) is 161 cm³/mol. The number of aliphatic hydroxyl groups is 1. The van der Waals surface area contributed by atoms with Crippen molar-refractivity contribution in [3.8, 4) is 0 Å². The number of ketones is 2. The van der Waals surface area contributed by atoms with E-state index in [1.807, 2.05) is 24.3 Å². The van der Waals surface area contributed by atoms with Gasteiger partial charge in [0.25, 0.3) is 0 Å². The number of hydrogen-bond donors (Lipinski definition) is 2. The maximum atomic E-state index is 14.5. The second-order valence-electron chi connectivity index (χ2n) is 13.1. The van der Waals surface area contributed by atoms with E-state index in [9.17, 15) is 14.7 Å². The lowest BCUT2D eigenvalue weighted by molar-refractivity contribution is -0.197. The Morgan fingerprint density at radius 1 is 1.32 bits per heavy atom. The Morgan fingerprint density at radius 2 is 2.15 bits per heavy atom. The van der Waals surface area contributed by atoms with Gasteiger partial charge in [-0.3, -0.25) is 9.59 Å². The second kappa shape index (κ2) is 9.74. The summed E-state index contributed by atoms with van der Waals surface area (Å²) in [6.45, 7) is 6.44. The van der Waals surface area contributed by atoms with Crippen molar-refractivity contribution in [3.05, 3.63) is 42.0 Å². The molecule has 0 spiro atoms. The van der Waals surface area contributed by atoms with Gasteiger partial charge in [0.1, 0.15) is 0 Å². The van der Waals surface area contributed by atoms with Crippen LogP contribution in [-0.4, -0.2) is 51.5 Å². The van der Waals surface area contributed by atoms with Crippen LogP contribution in [0.1, 0.15) is 59.3 Å². The number of carbonyl (C=O) groups is 2. The number of nitrogens with zero attached hydrogens (tertiary/aromatic N) is 1. The topological polar surface area (TPSA) is 112 Å². The maximum absolute atomic E-state index is 14.5. The van der Waals surface area contributed by atoms with Gasteiger partial charge in [-0.2, -0.15) is 0 Å². The minimum Gasteiger partial charge on any atom is -0.399 e. The summed E-state index contributed by atoms with van der Waals surface area (Å²) in [6.07, 6.45) is 8.67. The molecular formula is C32H38N2O5S2. The molecule has 0 bridgehead atoms. The van der Waals surface area contributed by atoms with Gasteiger partial charge in [-0.05, 0) is 74.3 Å². The zero-order chi connectivity index (χ0) is 28.7. The van der Waals surface area contributed by atoms with Gasteiger partial charge in [0, 0.05) is 22.4 Å². The molecule has 1 aromatic carbocycles. The number of hydrogen-bond acceptors (Lipinski definition) is 9. The zero-order valence-electron chi connectivity index (χ0n) is 23.8. The predicted octanol–water partition coefficient (Wildman–Crippen LogP) is 5.71. The van der Waals surface area contributed by atoms with E-state index in [0.717, 1.165) is 52.2 Å². The zero-order valence-corrected chi connectivity index (χ0v) is 25.4. The molecule has 0 amide bonds. The second-order valence-corrected chi connectivity index (χ2v) is 15.3. The lowest BCUT2D eigenvalue weighted by Gasteiger charge is -2.59. The normalized spacial score (nSPS) is 41.1. The molecular weight excluding hydrogens is 556 g/mol. The number of aliphatic hydroxyl groups excluding tert-OH is 1. The Hall–Kier alpha value is -2.04. The van der Waals surface area contributed by atoms with Crippen molar-refractivity contribution in [1.29, 1.82) is 0 Å². The highest BCUT2D eigenvalue weighted by Gasteiger charge is 2.75. The van der Waals surface area contributed by atoms with E-state index in [4.69, 9.17) is 20.2 Å². The molecule has 41 heavy (non-hydrogen) atoms. The summed E-state index contributed by atoms with van der Waals surface area (Å²) in [5.74, 6) is 0.670. The summed E-state index contributed by atoms with van der Waals surface area (Å²) in [4.78, 5) is 31.4. The van der Waals surface area contributed by atoms with Crippen LogP contribution in [0.25, 0.3) is 10.2 Å². The molecule has 7 nitrogen and oxygen atoms in total. The van der Waals surface area contributed by atoms with Crippen LogP contribution in [0.5, 0.6) is 0 Å². The van der Waals surface area contributed by atoms with Crippen molar-refractivity contribution in [2.75, 3.05) is 11.5 Å². The number of aromatic nitrogens is 1. The van der Waals surface area contributed by atoms with Crippen LogP contribution >= 0.6 is 23.1 Å². The fourth-order valence-corrected chi connectivity index (χ4v) is 11.3. The largest absolute Gasteiger partial charge is 0.399 e. The summed E-state index contributed by atoms with van der Waals surface area (Å²) in [5, 5.41) is 11.9. The number of thioether (sulfide) groups is 1. The summed E-state index contributed by atoms with van der Waals surface area (Å²) in [6, 6.07) is 5.67. The van der Waals surface area contributed by atoms with E-state index in [1.54, 1.807) is 23.5 Å². The molecule has 9 atom stereocenters. The Morgan fingerprint density at radius 3 is 2.95 bits per heavy atom. The lowest BCUT2D eigenvalue weighted by Crippen LogP contribution is -2.63. The van der Waals surface area contributed by atoms with Crippen LogP contribution in [0.15, 0.2) is 46.3 Å². The highest BCUT2D eigenvalue weighted by molar-refractivity contribution is 8.01. The fraction of sp³-hybridized carbons (Fsp3) is 0.594. The number of ether oxygens (including phenoxy) is 2. The highest BCUT2D eigenvalue weighted by atomic mass is 32.2. The van der Waals surface area contributed by atoms with Gasteiger partial charge < -0.3 is 20.3 Å². The molecule has 4 fully saturated rings. The summed E-state index contributed by atoms with van der Waals surface area (Å²) in [5.41, 5.74) is 6.64. The molecule has 1 aromatic heterocycles. The van der Waals surface area contributed by atoms with Gasteiger partial charge >= 0.3 is 0 Å². The van der Waals surface area contributed by atoms with Crippen LogP contribution in [0.4, 0.5) is 5.69 Å². The maximum Gasteiger partial charge on any atom is 0.178 e. The van der Waals surface area contributed by atoms with E-state index >= 15 is 0 Å². The van der Waals surface area contributed by atoms with Crippen molar-refractivity contribution in [3.63, 3.8) is 0 Å². The third kappa shape index (κ3) is 3.99. The Balaban J connectivity index is 1.21. The molecule has 3 N–H and O–H groups in total. The molecule has 3 saturated carbocycles. The molecule has 1 aliphatic heterocycles. The average Bonchev–Trinajstić information content (AvgIpc) is 3.57. The molecule has 1 saturated heterocycles. The first-order valence-electron chi connectivity index (χ1n) is 14.9. The number of fused-ring (bicyclic) bond motifs is 8. The van der Waals surface area contributed by atoms with Gasteiger partial charge in [0.2, 0.25) is 0 Å². The molecule has 5 aliphatic rings. The van der Waals surface area contributed by atoms with Gasteiger partial charge in [-0.1, -0.05) is 50.6 Å². The summed E-state index contributed by atoms with van der Waals surface area (Å²) >= 11 is 3.00. The number of carbonyl (C=O) groups excluding carboxylic acids is 2. The van der Waals surface area contributed by atoms with Crippen LogP contribution in [0.3, 0.4) is 0 Å². The smallest absolute Gasteiger partial charge is 0.178 e. The van der Waals surface area contributed by atoms with Crippen LogP contribution in [0, 0.1) is 28.6 Å². The lowest BCUT2D eigenvalue weighted by atomic mass is 9.46. The number of anilines is 1. The monoisotopic (exact) mass is 594 g/mol. The third-order valence-electron chi connectivity index (χ3n) is 10.9. The minimum atomic E-state index is -1.10. The number of nitrogens with two attached hydrogens (primary N) is 1. The van der Waals surface area contributed by atoms with Crippen molar-refractivity contribution >= 4 is 50.6 Å². The van der Waals surface area contributed by atoms with Gasteiger partial charge in [0.05, 0.1) is 28.2 Å². The number of allylic oxidation sites excluding steroid dienone is 4. The van der Waals surface area contributed by atoms with Gasteiger partial charge in [-0.25, -0.2) is 4.98 Å². The molecule has 2 heterocycles. The number of Topliss-reactive ketones (excluding diaryl/α,β-unsaturated/α-hetero) is 1. The van der Waals surface area contributed by atoms with Crippen molar-refractivity contribution in [1.82, 2.24) is 4.98 Å². The fourth-order valence-electron chi connectivity index (χ4n) is 9.22. The van der Waals surface area contributed by atoms with Crippen molar-refractivity contribution in [2.45, 2.75) is 87.7 Å². The number of benzene rings is 1. The highest BCUT2D eigenvalue weighted by Crippen LogP contribution is 2.69. The molecule has 7 rings (SSSR count). The van der Waals surface area contributed by atoms with Crippen LogP contribution < -0.4 is 5.73 Å². The summed E-state index contributed by atoms with van der Waals surface area (Å²) in [7, 11) is 0. The molecule has 218 valence electrons. The minimum absolute atomic E-state index is 0.00750. The third-order valence-corrected chi connectivity index (χ3v) is 13.1. The van der Waals surface area contributed by atoms with Crippen LogP contribution in [-0.2, 0) is 19.1 Å². The first-order chi connectivity index (χ1) is 19.6. The van der Waals surface area contributed by atoms with E-state index in [-0.39, 0.29) is 46.6 Å². The Labute approximate surface area is 248 Å². The quantitative estimate of drug-likeness (QED) is 0.323. The average molecular weight is 595 g/mol. The molecule has 9 heteroatoms. The first-order valence-corrected chi connectivity index (χ1v) is 16.7. The molecule has 2 aromatic rings. The van der Waals surface area contributed by atoms with Gasteiger partial charge in [-0.15, -0.1) is 11.3 Å². The summed E-state index contributed by atoms with van der Waals surface area (Å²) < 4.78 is 15.2. The van der Waals surface area contributed by atoms with E-state index < -0.39 is 23.4 Å².